The summed E-state index contributed by atoms with van der Waals surface area (Å²) in [6, 6.07) is 5.07. The van der Waals surface area contributed by atoms with Gasteiger partial charge < -0.3 is 19.3 Å². The zero-order valence-electron chi connectivity index (χ0n) is 13.2. The standard InChI is InChI=1S/C17H22N2O3/c1-3-18-4-6-19(7-5-18)11-13-10-16(21)22-15-9-12(2)8-14(20)17(13)15/h8-10,20H,3-7,11H2,1-2H3/p+2. The number of phenols is 1. The topological polar surface area (TPSA) is 59.3 Å². The molecule has 0 spiro atoms. The zero-order valence-corrected chi connectivity index (χ0v) is 13.2. The fourth-order valence-electron chi connectivity index (χ4n) is 3.39. The van der Waals surface area contributed by atoms with E-state index in [2.05, 4.69) is 6.92 Å². The summed E-state index contributed by atoms with van der Waals surface area (Å²) in [6.07, 6.45) is 0. The molecule has 3 N–H and O–H groups in total. The molecule has 0 atom stereocenters. The average Bonchev–Trinajstić information content (AvgIpc) is 2.46. The number of aromatic hydroxyl groups is 1. The molecule has 1 saturated heterocycles. The molecule has 0 aliphatic carbocycles. The molecule has 1 aromatic heterocycles. The van der Waals surface area contributed by atoms with Gasteiger partial charge in [-0.3, -0.25) is 0 Å². The maximum absolute atomic E-state index is 11.8. The van der Waals surface area contributed by atoms with Crippen molar-refractivity contribution in [2.24, 2.45) is 0 Å². The molecule has 1 aliphatic rings. The number of hydrogen-bond donors (Lipinski definition) is 3. The van der Waals surface area contributed by atoms with Crippen LogP contribution in [-0.2, 0) is 6.54 Å². The van der Waals surface area contributed by atoms with Gasteiger partial charge in [-0.2, -0.15) is 0 Å². The maximum Gasteiger partial charge on any atom is 0.336 e. The third-order valence-electron chi connectivity index (χ3n) is 4.65. The molecule has 5 nitrogen and oxygen atoms in total. The fourth-order valence-corrected chi connectivity index (χ4v) is 3.39. The highest BCUT2D eigenvalue weighted by molar-refractivity contribution is 5.87. The SMILES string of the molecule is CC[NH+]1CC[NH+](Cc2cc(=O)oc3cc(C)cc(O)c23)CC1. The zero-order chi connectivity index (χ0) is 15.7. The van der Waals surface area contributed by atoms with Crippen molar-refractivity contribution in [3.8, 4) is 5.75 Å². The maximum atomic E-state index is 11.8. The second kappa shape index (κ2) is 6.10. The molecule has 5 heteroatoms. The predicted octanol–water partition coefficient (Wildman–Crippen LogP) is -0.890. The molecule has 0 saturated carbocycles. The predicted molar refractivity (Wildman–Crippen MR) is 84.5 cm³/mol. The number of likely N-dealkylation sites (N-methyl/N-ethyl adjacent to an activating group) is 1. The lowest BCUT2D eigenvalue weighted by atomic mass is 10.1. The van der Waals surface area contributed by atoms with Crippen LogP contribution in [0.5, 0.6) is 5.75 Å². The second-order valence-electron chi connectivity index (χ2n) is 6.28. The van der Waals surface area contributed by atoms with Crippen molar-refractivity contribution < 1.29 is 19.3 Å². The Kier molecular flexibility index (Phi) is 4.18. The third kappa shape index (κ3) is 3.00. The molecule has 22 heavy (non-hydrogen) atoms. The highest BCUT2D eigenvalue weighted by Crippen LogP contribution is 2.28. The van der Waals surface area contributed by atoms with Gasteiger partial charge >= 0.3 is 5.63 Å². The molecule has 2 heterocycles. The summed E-state index contributed by atoms with van der Waals surface area (Å²) in [6.45, 7) is 10.5. The van der Waals surface area contributed by atoms with Crippen molar-refractivity contribution in [3.63, 3.8) is 0 Å². The van der Waals surface area contributed by atoms with Gasteiger partial charge in [0, 0.05) is 11.6 Å². The second-order valence-corrected chi connectivity index (χ2v) is 6.28. The number of piperazine rings is 1. The summed E-state index contributed by atoms with van der Waals surface area (Å²) in [5.41, 5.74) is 1.92. The van der Waals surface area contributed by atoms with Gasteiger partial charge in [-0.25, -0.2) is 4.79 Å². The van der Waals surface area contributed by atoms with Crippen LogP contribution < -0.4 is 15.4 Å². The molecule has 0 unspecified atom stereocenters. The number of aryl methyl sites for hydroxylation is 1. The van der Waals surface area contributed by atoms with Gasteiger partial charge in [0.1, 0.15) is 44.1 Å². The lowest BCUT2D eigenvalue weighted by molar-refractivity contribution is -1.02. The Balaban J connectivity index is 1.92. The Morgan fingerprint density at radius 2 is 1.82 bits per heavy atom. The van der Waals surface area contributed by atoms with E-state index in [1.807, 2.05) is 13.0 Å². The van der Waals surface area contributed by atoms with Crippen molar-refractivity contribution in [1.29, 1.82) is 0 Å². The minimum absolute atomic E-state index is 0.200. The molecule has 2 aromatic rings. The number of quaternary nitrogens is 2. The summed E-state index contributed by atoms with van der Waals surface area (Å²) in [7, 11) is 0. The smallest absolute Gasteiger partial charge is 0.336 e. The molecular weight excluding hydrogens is 280 g/mol. The van der Waals surface area contributed by atoms with Crippen molar-refractivity contribution >= 4 is 11.0 Å². The van der Waals surface area contributed by atoms with Gasteiger partial charge in [-0.15, -0.1) is 0 Å². The van der Waals surface area contributed by atoms with Gasteiger partial charge in [-0.05, 0) is 31.5 Å². The lowest BCUT2D eigenvalue weighted by Crippen LogP contribution is -3.27. The first-order valence-electron chi connectivity index (χ1n) is 8.00. The van der Waals surface area contributed by atoms with E-state index >= 15 is 0 Å². The van der Waals surface area contributed by atoms with E-state index in [-0.39, 0.29) is 11.4 Å². The molecule has 0 amide bonds. The first-order valence-corrected chi connectivity index (χ1v) is 8.00. The Bertz CT molecular complexity index is 730. The van der Waals surface area contributed by atoms with Crippen molar-refractivity contribution in [1.82, 2.24) is 0 Å². The number of phenolic OH excluding ortho intramolecular Hbond substituents is 1. The van der Waals surface area contributed by atoms with Gasteiger partial charge in [0.15, 0.2) is 0 Å². The Morgan fingerprint density at radius 3 is 2.50 bits per heavy atom. The Labute approximate surface area is 129 Å². The lowest BCUT2D eigenvalue weighted by Gasteiger charge is -2.29. The summed E-state index contributed by atoms with van der Waals surface area (Å²) < 4.78 is 5.26. The Hall–Kier alpha value is -1.85. The van der Waals surface area contributed by atoms with Gasteiger partial charge in [0.2, 0.25) is 0 Å². The largest absolute Gasteiger partial charge is 0.507 e. The van der Waals surface area contributed by atoms with Crippen LogP contribution >= 0.6 is 0 Å². The van der Waals surface area contributed by atoms with E-state index < -0.39 is 0 Å². The molecule has 3 rings (SSSR count). The molecule has 0 radical (unpaired) electrons. The van der Waals surface area contributed by atoms with E-state index in [1.165, 1.54) is 17.5 Å². The Morgan fingerprint density at radius 1 is 1.14 bits per heavy atom. The highest BCUT2D eigenvalue weighted by Gasteiger charge is 2.23. The van der Waals surface area contributed by atoms with Crippen LogP contribution in [0.3, 0.4) is 0 Å². The van der Waals surface area contributed by atoms with Crippen LogP contribution in [0.4, 0.5) is 0 Å². The first kappa shape index (κ1) is 15.1. The minimum atomic E-state index is -0.343. The average molecular weight is 304 g/mol. The van der Waals surface area contributed by atoms with Crippen LogP contribution in [0.1, 0.15) is 18.1 Å². The number of rotatable bonds is 3. The molecule has 0 bridgehead atoms. The van der Waals surface area contributed by atoms with Crippen molar-refractivity contribution in [2.75, 3.05) is 32.7 Å². The third-order valence-corrected chi connectivity index (χ3v) is 4.65. The number of benzene rings is 1. The monoisotopic (exact) mass is 304 g/mol. The van der Waals surface area contributed by atoms with Gasteiger partial charge in [-0.1, -0.05) is 0 Å². The summed E-state index contributed by atoms with van der Waals surface area (Å²) in [4.78, 5) is 14.9. The van der Waals surface area contributed by atoms with E-state index in [1.54, 1.807) is 11.0 Å². The van der Waals surface area contributed by atoms with Gasteiger partial charge in [0.05, 0.1) is 11.9 Å². The van der Waals surface area contributed by atoms with Crippen LogP contribution in [0.25, 0.3) is 11.0 Å². The van der Waals surface area contributed by atoms with Crippen molar-refractivity contribution in [2.45, 2.75) is 20.4 Å². The fraction of sp³-hybridized carbons (Fsp3) is 0.471. The quantitative estimate of drug-likeness (QED) is 0.645. The van der Waals surface area contributed by atoms with Crippen LogP contribution in [0.2, 0.25) is 0 Å². The van der Waals surface area contributed by atoms with Gasteiger partial charge in [0.25, 0.3) is 0 Å². The molecule has 118 valence electrons. The van der Waals surface area contributed by atoms with Crippen LogP contribution in [-0.4, -0.2) is 37.8 Å². The molecule has 1 fully saturated rings. The highest BCUT2D eigenvalue weighted by atomic mass is 16.4. The van der Waals surface area contributed by atoms with E-state index in [0.717, 1.165) is 43.9 Å². The minimum Gasteiger partial charge on any atom is -0.507 e. The summed E-state index contributed by atoms with van der Waals surface area (Å²) in [5, 5.41) is 10.9. The summed E-state index contributed by atoms with van der Waals surface area (Å²) in [5.74, 6) is 0.200. The van der Waals surface area contributed by atoms with E-state index in [0.29, 0.717) is 11.0 Å². The summed E-state index contributed by atoms with van der Waals surface area (Å²) >= 11 is 0. The molecular formula is C17H24N2O3+2. The molecule has 1 aliphatic heterocycles. The van der Waals surface area contributed by atoms with Crippen LogP contribution in [0, 0.1) is 6.92 Å². The first-order chi connectivity index (χ1) is 10.6. The number of nitrogens with one attached hydrogen (secondary N) is 2. The number of hydrogen-bond acceptors (Lipinski definition) is 3. The van der Waals surface area contributed by atoms with E-state index in [4.69, 9.17) is 4.42 Å². The number of fused-ring (bicyclic) bond motifs is 1. The molecule has 1 aromatic carbocycles. The van der Waals surface area contributed by atoms with Crippen LogP contribution in [0.15, 0.2) is 27.4 Å². The van der Waals surface area contributed by atoms with Crippen molar-refractivity contribution in [3.05, 3.63) is 39.7 Å². The normalized spacial score (nSPS) is 22.1. The van der Waals surface area contributed by atoms with E-state index in [9.17, 15) is 9.90 Å².